The molecule has 0 aliphatic heterocycles. The number of allylic oxidation sites excluding steroid dienone is 26. The van der Waals surface area contributed by atoms with Gasteiger partial charge in [0.15, 0.2) is 6.10 Å². The fourth-order valence-electron chi connectivity index (χ4n) is 5.64. The van der Waals surface area contributed by atoms with Gasteiger partial charge in [-0.3, -0.25) is 14.4 Å². The Morgan fingerprint density at radius 1 is 0.349 bits per heavy atom. The van der Waals surface area contributed by atoms with Gasteiger partial charge in [0.25, 0.3) is 0 Å². The van der Waals surface area contributed by atoms with E-state index in [1.54, 1.807) is 0 Å². The zero-order valence-corrected chi connectivity index (χ0v) is 39.5. The highest BCUT2D eigenvalue weighted by atomic mass is 16.6. The number of hydrogen-bond acceptors (Lipinski definition) is 6. The van der Waals surface area contributed by atoms with Crippen LogP contribution in [-0.4, -0.2) is 37.2 Å². The highest BCUT2D eigenvalue weighted by Crippen LogP contribution is 2.10. The highest BCUT2D eigenvalue weighted by molar-refractivity contribution is 5.71. The van der Waals surface area contributed by atoms with Crippen LogP contribution in [0.4, 0.5) is 0 Å². The number of hydrogen-bond donors (Lipinski definition) is 0. The van der Waals surface area contributed by atoms with Gasteiger partial charge in [0.2, 0.25) is 0 Å². The summed E-state index contributed by atoms with van der Waals surface area (Å²) in [6, 6.07) is 0. The van der Waals surface area contributed by atoms with Crippen molar-refractivity contribution in [2.75, 3.05) is 13.2 Å². The lowest BCUT2D eigenvalue weighted by Crippen LogP contribution is -2.30. The lowest BCUT2D eigenvalue weighted by molar-refractivity contribution is -0.167. The number of esters is 3. The standard InChI is InChI=1S/C57H84O6/c1-4-7-10-13-16-19-22-25-27-28-30-32-35-38-41-44-47-50-56(59)62-53-54(52-61-55(58)49-46-43-40-37-34-31-24-21-18-15-12-9-6-3)63-57(60)51-48-45-42-39-36-33-29-26-23-20-17-14-11-8-5-2/h8-9,11-12,14-21,23-27,29-34,36,38,41,54H,4-7,10,13,22,28,35,37,39-40,42-53H2,1-3H3/b11-8-,12-9-,17-14-,18-15-,19-16-,23-20-,24-21-,27-25-,29-26-,32-30-,34-31-,36-33-,41-38-. The smallest absolute Gasteiger partial charge is 0.306 e. The third-order valence-electron chi connectivity index (χ3n) is 9.22. The van der Waals surface area contributed by atoms with Gasteiger partial charge in [-0.15, -0.1) is 0 Å². The Balaban J connectivity index is 4.66. The summed E-state index contributed by atoms with van der Waals surface area (Å²) < 4.78 is 16.6. The Morgan fingerprint density at radius 2 is 0.698 bits per heavy atom. The number of unbranched alkanes of at least 4 members (excludes halogenated alkanes) is 10. The molecule has 0 radical (unpaired) electrons. The van der Waals surface area contributed by atoms with Crippen LogP contribution >= 0.6 is 0 Å². The monoisotopic (exact) mass is 865 g/mol. The third-order valence-corrected chi connectivity index (χ3v) is 9.22. The lowest BCUT2D eigenvalue weighted by Gasteiger charge is -2.18. The highest BCUT2D eigenvalue weighted by Gasteiger charge is 2.19. The van der Waals surface area contributed by atoms with Crippen LogP contribution in [0.15, 0.2) is 158 Å². The Labute approximate surface area is 384 Å². The van der Waals surface area contributed by atoms with Gasteiger partial charge in [0.05, 0.1) is 0 Å². The summed E-state index contributed by atoms with van der Waals surface area (Å²) >= 11 is 0. The van der Waals surface area contributed by atoms with Gasteiger partial charge in [-0.2, -0.15) is 0 Å². The summed E-state index contributed by atoms with van der Waals surface area (Å²) in [6.07, 6.45) is 72.3. The molecule has 0 aliphatic rings. The fraction of sp³-hybridized carbons (Fsp3) is 0.491. The lowest BCUT2D eigenvalue weighted by atomic mass is 10.1. The van der Waals surface area contributed by atoms with Crippen molar-refractivity contribution in [3.63, 3.8) is 0 Å². The molecule has 0 spiro atoms. The van der Waals surface area contributed by atoms with E-state index in [0.717, 1.165) is 77.0 Å². The average molecular weight is 865 g/mol. The van der Waals surface area contributed by atoms with E-state index >= 15 is 0 Å². The van der Waals surface area contributed by atoms with Crippen LogP contribution in [0.25, 0.3) is 0 Å². The second-order valence-electron chi connectivity index (χ2n) is 15.1. The quantitative estimate of drug-likeness (QED) is 0.0201. The molecule has 0 aromatic rings. The molecule has 0 aromatic heterocycles. The molecule has 0 aromatic carbocycles. The minimum Gasteiger partial charge on any atom is -0.462 e. The zero-order valence-electron chi connectivity index (χ0n) is 39.5. The molecule has 0 heterocycles. The molecule has 6 nitrogen and oxygen atoms in total. The Morgan fingerprint density at radius 3 is 1.14 bits per heavy atom. The van der Waals surface area contributed by atoms with Crippen LogP contribution < -0.4 is 0 Å². The second kappa shape index (κ2) is 49.7. The summed E-state index contributed by atoms with van der Waals surface area (Å²) in [5, 5.41) is 0. The largest absolute Gasteiger partial charge is 0.462 e. The molecule has 348 valence electrons. The minimum absolute atomic E-state index is 0.141. The van der Waals surface area contributed by atoms with Crippen molar-refractivity contribution in [3.05, 3.63) is 158 Å². The topological polar surface area (TPSA) is 78.9 Å². The van der Waals surface area contributed by atoms with Gasteiger partial charge >= 0.3 is 17.9 Å². The molecule has 0 saturated heterocycles. The second-order valence-corrected chi connectivity index (χ2v) is 15.1. The summed E-state index contributed by atoms with van der Waals surface area (Å²) in [5.41, 5.74) is 0. The first kappa shape index (κ1) is 58.0. The van der Waals surface area contributed by atoms with E-state index in [4.69, 9.17) is 14.2 Å². The maximum atomic E-state index is 12.8. The molecule has 0 rings (SSSR count). The minimum atomic E-state index is -0.846. The predicted octanol–water partition coefficient (Wildman–Crippen LogP) is 15.9. The Kier molecular flexibility index (Phi) is 45.8. The van der Waals surface area contributed by atoms with E-state index < -0.39 is 6.10 Å². The zero-order chi connectivity index (χ0) is 45.8. The Bertz CT molecular complexity index is 1510. The van der Waals surface area contributed by atoms with Crippen LogP contribution in [0.5, 0.6) is 0 Å². The van der Waals surface area contributed by atoms with E-state index in [0.29, 0.717) is 19.3 Å². The van der Waals surface area contributed by atoms with Crippen molar-refractivity contribution in [3.8, 4) is 0 Å². The van der Waals surface area contributed by atoms with Gasteiger partial charge in [-0.05, 0) is 96.3 Å². The summed E-state index contributed by atoms with van der Waals surface area (Å²) in [7, 11) is 0. The van der Waals surface area contributed by atoms with Crippen molar-refractivity contribution < 1.29 is 28.6 Å². The molecule has 1 atom stereocenters. The molecule has 0 N–H and O–H groups in total. The van der Waals surface area contributed by atoms with E-state index in [-0.39, 0.29) is 50.4 Å². The van der Waals surface area contributed by atoms with Crippen LogP contribution in [0.3, 0.4) is 0 Å². The summed E-state index contributed by atoms with van der Waals surface area (Å²) in [5.74, 6) is -1.09. The molecule has 63 heavy (non-hydrogen) atoms. The average Bonchev–Trinajstić information content (AvgIpc) is 3.28. The maximum Gasteiger partial charge on any atom is 0.306 e. The number of ether oxygens (including phenoxy) is 3. The molecular weight excluding hydrogens is 781 g/mol. The van der Waals surface area contributed by atoms with Crippen molar-refractivity contribution >= 4 is 17.9 Å². The fourth-order valence-corrected chi connectivity index (χ4v) is 5.64. The summed E-state index contributed by atoms with van der Waals surface area (Å²) in [4.78, 5) is 37.9. The summed E-state index contributed by atoms with van der Waals surface area (Å²) in [6.45, 7) is 6.16. The van der Waals surface area contributed by atoms with E-state index in [1.165, 1.54) is 25.7 Å². The van der Waals surface area contributed by atoms with Crippen molar-refractivity contribution in [1.82, 2.24) is 0 Å². The first-order valence-corrected chi connectivity index (χ1v) is 24.1. The molecule has 1 unspecified atom stereocenters. The third kappa shape index (κ3) is 47.9. The SMILES string of the molecule is CC\C=C/C=C\C=C/C=C\C=C/CCCCCC(=O)OC(COC(=O)CCC/C=C\C/C=C\C/C=C\C/C=C\CCCCC)COC(=O)CCCCC\C=C/C=C\C=C/C=C\CC. The van der Waals surface area contributed by atoms with Crippen LogP contribution in [0, 0.1) is 0 Å². The first-order valence-electron chi connectivity index (χ1n) is 24.1. The van der Waals surface area contributed by atoms with Gasteiger partial charge in [-0.25, -0.2) is 0 Å². The normalized spacial score (nSPS) is 13.5. The number of carbonyl (C=O) groups is 3. The predicted molar refractivity (Wildman–Crippen MR) is 269 cm³/mol. The number of carbonyl (C=O) groups excluding carboxylic acids is 3. The van der Waals surface area contributed by atoms with E-state index in [2.05, 4.69) is 93.7 Å². The molecule has 0 saturated carbocycles. The first-order chi connectivity index (χ1) is 31.0. The van der Waals surface area contributed by atoms with E-state index in [1.807, 2.05) is 85.1 Å². The van der Waals surface area contributed by atoms with Crippen LogP contribution in [-0.2, 0) is 28.6 Å². The van der Waals surface area contributed by atoms with Crippen LogP contribution in [0.1, 0.15) is 162 Å². The van der Waals surface area contributed by atoms with Gasteiger partial charge in [0, 0.05) is 19.3 Å². The van der Waals surface area contributed by atoms with E-state index in [9.17, 15) is 14.4 Å². The van der Waals surface area contributed by atoms with Crippen molar-refractivity contribution in [2.24, 2.45) is 0 Å². The Hall–Kier alpha value is -4.97. The van der Waals surface area contributed by atoms with Gasteiger partial charge in [-0.1, -0.05) is 204 Å². The molecule has 6 heteroatoms. The van der Waals surface area contributed by atoms with Gasteiger partial charge in [0.1, 0.15) is 13.2 Å². The van der Waals surface area contributed by atoms with Crippen molar-refractivity contribution in [2.45, 2.75) is 168 Å². The number of rotatable bonds is 40. The molecule has 0 aliphatic carbocycles. The molecular formula is C57H84O6. The van der Waals surface area contributed by atoms with Crippen LogP contribution in [0.2, 0.25) is 0 Å². The van der Waals surface area contributed by atoms with Gasteiger partial charge < -0.3 is 14.2 Å². The van der Waals surface area contributed by atoms with Crippen molar-refractivity contribution in [1.29, 1.82) is 0 Å². The molecule has 0 fully saturated rings. The maximum absolute atomic E-state index is 12.8. The molecule has 0 amide bonds. The molecule has 0 bridgehead atoms.